The fraction of sp³-hybridized carbons (Fsp3) is 0.238. The smallest absolute Gasteiger partial charge is 0.0633 e. The highest BCUT2D eigenvalue weighted by Gasteiger charge is 2.21. The molecule has 1 heterocycles. The predicted molar refractivity (Wildman–Crippen MR) is 106 cm³/mol. The Bertz CT molecular complexity index is 1050. The SMILES string of the molecule is CC(CO)(CO)NCc1cccc2c1sc1cc3ccccc3cc12. The number of aliphatic hydroxyl groups is 2. The second-order valence-corrected chi connectivity index (χ2v) is 7.87. The average Bonchev–Trinajstić information content (AvgIpc) is 3.02. The summed E-state index contributed by atoms with van der Waals surface area (Å²) in [6.45, 7) is 2.24. The van der Waals surface area contributed by atoms with Crippen LogP contribution in [0.3, 0.4) is 0 Å². The van der Waals surface area contributed by atoms with Crippen molar-refractivity contribution in [3.8, 4) is 0 Å². The van der Waals surface area contributed by atoms with Crippen LogP contribution in [-0.2, 0) is 6.54 Å². The molecule has 0 fully saturated rings. The molecule has 0 atom stereocenters. The first-order valence-corrected chi connectivity index (χ1v) is 9.25. The summed E-state index contributed by atoms with van der Waals surface area (Å²) in [4.78, 5) is 0. The van der Waals surface area contributed by atoms with E-state index in [0.717, 1.165) is 0 Å². The first-order chi connectivity index (χ1) is 12.1. The molecule has 0 aliphatic rings. The summed E-state index contributed by atoms with van der Waals surface area (Å²) in [7, 11) is 0. The lowest BCUT2D eigenvalue weighted by Gasteiger charge is -2.26. The summed E-state index contributed by atoms with van der Waals surface area (Å²) in [6.07, 6.45) is 0. The van der Waals surface area contributed by atoms with Crippen LogP contribution >= 0.6 is 11.3 Å². The standard InChI is InChI=1S/C21H21NO2S/c1-21(12-23,13-24)22-11-16-7-4-8-17-18-9-14-5-2-3-6-15(14)10-19(18)25-20(16)17/h2-10,22-24H,11-13H2,1H3. The van der Waals surface area contributed by atoms with Crippen LogP contribution in [0, 0.1) is 0 Å². The highest BCUT2D eigenvalue weighted by molar-refractivity contribution is 7.26. The van der Waals surface area contributed by atoms with Crippen LogP contribution in [0.15, 0.2) is 54.6 Å². The molecule has 128 valence electrons. The molecular weight excluding hydrogens is 330 g/mol. The van der Waals surface area contributed by atoms with E-state index in [1.807, 2.05) is 6.92 Å². The molecule has 3 aromatic carbocycles. The molecule has 25 heavy (non-hydrogen) atoms. The summed E-state index contributed by atoms with van der Waals surface area (Å²) in [5.41, 5.74) is 0.518. The molecule has 0 spiro atoms. The van der Waals surface area contributed by atoms with Crippen molar-refractivity contribution in [1.29, 1.82) is 0 Å². The second-order valence-electron chi connectivity index (χ2n) is 6.82. The van der Waals surface area contributed by atoms with E-state index in [4.69, 9.17) is 0 Å². The topological polar surface area (TPSA) is 52.5 Å². The Balaban J connectivity index is 1.82. The maximum atomic E-state index is 9.48. The van der Waals surface area contributed by atoms with Gasteiger partial charge in [-0.05, 0) is 35.4 Å². The summed E-state index contributed by atoms with van der Waals surface area (Å²) in [6, 6.07) is 19.3. The molecule has 4 heteroatoms. The fourth-order valence-corrected chi connectivity index (χ4v) is 4.40. The second kappa shape index (κ2) is 6.39. The Kier molecular flexibility index (Phi) is 4.21. The summed E-state index contributed by atoms with van der Waals surface area (Å²) < 4.78 is 2.55. The van der Waals surface area contributed by atoms with Crippen LogP contribution in [0.2, 0.25) is 0 Å². The monoisotopic (exact) mass is 351 g/mol. The molecule has 0 bridgehead atoms. The molecule has 1 aromatic heterocycles. The molecule has 0 radical (unpaired) electrons. The summed E-state index contributed by atoms with van der Waals surface area (Å²) in [5, 5.41) is 27.3. The fourth-order valence-electron chi connectivity index (χ4n) is 3.15. The third-order valence-electron chi connectivity index (χ3n) is 4.85. The van der Waals surface area contributed by atoms with E-state index in [0.29, 0.717) is 6.54 Å². The average molecular weight is 351 g/mol. The van der Waals surface area contributed by atoms with Gasteiger partial charge in [0.1, 0.15) is 0 Å². The van der Waals surface area contributed by atoms with Crippen LogP contribution in [0.5, 0.6) is 0 Å². The van der Waals surface area contributed by atoms with Crippen molar-refractivity contribution in [3.05, 3.63) is 60.2 Å². The predicted octanol–water partition coefficient (Wildman–Crippen LogP) is 4.04. The van der Waals surface area contributed by atoms with E-state index >= 15 is 0 Å². The zero-order valence-electron chi connectivity index (χ0n) is 14.1. The highest BCUT2D eigenvalue weighted by atomic mass is 32.1. The largest absolute Gasteiger partial charge is 0.394 e. The summed E-state index contributed by atoms with van der Waals surface area (Å²) in [5.74, 6) is 0. The van der Waals surface area contributed by atoms with Crippen molar-refractivity contribution in [3.63, 3.8) is 0 Å². The molecule has 3 N–H and O–H groups in total. The summed E-state index contributed by atoms with van der Waals surface area (Å²) >= 11 is 1.80. The Hall–Kier alpha value is -1.98. The van der Waals surface area contributed by atoms with Gasteiger partial charge < -0.3 is 15.5 Å². The Labute approximate surface area is 150 Å². The van der Waals surface area contributed by atoms with E-state index in [9.17, 15) is 10.2 Å². The van der Waals surface area contributed by atoms with Crippen molar-refractivity contribution in [2.45, 2.75) is 19.0 Å². The number of thiophene rings is 1. The van der Waals surface area contributed by atoms with E-state index in [1.165, 1.54) is 36.5 Å². The van der Waals surface area contributed by atoms with Gasteiger partial charge in [0, 0.05) is 26.7 Å². The van der Waals surface area contributed by atoms with Gasteiger partial charge in [0.05, 0.1) is 18.8 Å². The Morgan fingerprint density at radius 2 is 1.64 bits per heavy atom. The lowest BCUT2D eigenvalue weighted by molar-refractivity contribution is 0.103. The van der Waals surface area contributed by atoms with Gasteiger partial charge in [-0.25, -0.2) is 0 Å². The molecule has 4 aromatic rings. The number of rotatable bonds is 5. The van der Waals surface area contributed by atoms with Crippen LogP contribution in [-0.4, -0.2) is 29.0 Å². The molecule has 0 aliphatic heterocycles. The Morgan fingerprint density at radius 1 is 0.920 bits per heavy atom. The molecule has 0 aliphatic carbocycles. The van der Waals surface area contributed by atoms with Gasteiger partial charge in [0.25, 0.3) is 0 Å². The van der Waals surface area contributed by atoms with E-state index in [-0.39, 0.29) is 13.2 Å². The molecule has 0 saturated heterocycles. The van der Waals surface area contributed by atoms with Crippen molar-refractivity contribution >= 4 is 42.3 Å². The number of hydrogen-bond acceptors (Lipinski definition) is 4. The first kappa shape index (κ1) is 16.5. The minimum Gasteiger partial charge on any atom is -0.394 e. The molecule has 0 saturated carbocycles. The van der Waals surface area contributed by atoms with Crippen LogP contribution in [0.1, 0.15) is 12.5 Å². The minimum atomic E-state index is -0.673. The van der Waals surface area contributed by atoms with Gasteiger partial charge in [-0.3, -0.25) is 0 Å². The van der Waals surface area contributed by atoms with Crippen molar-refractivity contribution in [2.24, 2.45) is 0 Å². The van der Waals surface area contributed by atoms with Gasteiger partial charge in [0.15, 0.2) is 0 Å². The Morgan fingerprint density at radius 3 is 2.36 bits per heavy atom. The van der Waals surface area contributed by atoms with Crippen molar-refractivity contribution in [2.75, 3.05) is 13.2 Å². The van der Waals surface area contributed by atoms with Gasteiger partial charge in [-0.15, -0.1) is 11.3 Å². The molecular formula is C21H21NO2S. The van der Waals surface area contributed by atoms with Gasteiger partial charge in [0.2, 0.25) is 0 Å². The number of nitrogens with one attached hydrogen (secondary N) is 1. The highest BCUT2D eigenvalue weighted by Crippen LogP contribution is 2.38. The quantitative estimate of drug-likeness (QED) is 0.509. The molecule has 3 nitrogen and oxygen atoms in total. The molecule has 4 rings (SSSR count). The molecule has 0 amide bonds. The lowest BCUT2D eigenvalue weighted by atomic mass is 10.0. The van der Waals surface area contributed by atoms with Crippen LogP contribution in [0.4, 0.5) is 0 Å². The third-order valence-corrected chi connectivity index (χ3v) is 6.09. The minimum absolute atomic E-state index is 0.0999. The van der Waals surface area contributed by atoms with Gasteiger partial charge >= 0.3 is 0 Å². The van der Waals surface area contributed by atoms with E-state index in [2.05, 4.69) is 59.9 Å². The maximum Gasteiger partial charge on any atom is 0.0633 e. The van der Waals surface area contributed by atoms with Crippen LogP contribution < -0.4 is 5.32 Å². The van der Waals surface area contributed by atoms with E-state index < -0.39 is 5.54 Å². The maximum absolute atomic E-state index is 9.48. The van der Waals surface area contributed by atoms with Gasteiger partial charge in [-0.1, -0.05) is 42.5 Å². The normalized spacial score (nSPS) is 12.4. The molecule has 0 unspecified atom stereocenters. The number of benzene rings is 3. The lowest BCUT2D eigenvalue weighted by Crippen LogP contribution is -2.48. The zero-order valence-corrected chi connectivity index (χ0v) is 14.9. The zero-order chi connectivity index (χ0) is 17.4. The van der Waals surface area contributed by atoms with E-state index in [1.54, 1.807) is 11.3 Å². The van der Waals surface area contributed by atoms with Crippen LogP contribution in [0.25, 0.3) is 30.9 Å². The third kappa shape index (κ3) is 2.92. The number of aliphatic hydroxyl groups excluding tert-OH is 2. The van der Waals surface area contributed by atoms with Crippen molar-refractivity contribution in [1.82, 2.24) is 5.32 Å². The number of fused-ring (bicyclic) bond motifs is 4. The first-order valence-electron chi connectivity index (χ1n) is 8.43. The van der Waals surface area contributed by atoms with Gasteiger partial charge in [-0.2, -0.15) is 0 Å². The number of hydrogen-bond donors (Lipinski definition) is 3. The van der Waals surface area contributed by atoms with Crippen molar-refractivity contribution < 1.29 is 10.2 Å².